The normalized spacial score (nSPS) is 12.8. The largest absolute Gasteiger partial charge is 0.469 e. The molecule has 0 spiro atoms. The van der Waals surface area contributed by atoms with Gasteiger partial charge in [0.15, 0.2) is 0 Å². The molecule has 0 bridgehead atoms. The van der Waals surface area contributed by atoms with Gasteiger partial charge in [0.05, 0.1) is 16.8 Å². The van der Waals surface area contributed by atoms with Gasteiger partial charge in [0.2, 0.25) is 0 Å². The Balaban J connectivity index is 2.41. The number of rotatable bonds is 5. The molecule has 0 radical (unpaired) electrons. The van der Waals surface area contributed by atoms with Crippen molar-refractivity contribution in [1.82, 2.24) is 4.90 Å². The molecule has 0 saturated carbocycles. The molecule has 1 aromatic rings. The number of nitrogens with zero attached hydrogens (tertiary/aromatic N) is 1. The Labute approximate surface area is 109 Å². The lowest BCUT2D eigenvalue weighted by molar-refractivity contribution is -0.145. The van der Waals surface area contributed by atoms with Crippen LogP contribution in [0.3, 0.4) is 0 Å². The van der Waals surface area contributed by atoms with Crippen LogP contribution in [-0.2, 0) is 16.1 Å². The Morgan fingerprint density at radius 3 is 2.81 bits per heavy atom. The van der Waals surface area contributed by atoms with Crippen LogP contribution in [-0.4, -0.2) is 31.6 Å². The van der Waals surface area contributed by atoms with Gasteiger partial charge in [0.25, 0.3) is 0 Å². The molecule has 1 rings (SSSR count). The van der Waals surface area contributed by atoms with Gasteiger partial charge in [-0.25, -0.2) is 0 Å². The van der Waals surface area contributed by atoms with E-state index in [0.29, 0.717) is 6.54 Å². The van der Waals surface area contributed by atoms with Gasteiger partial charge in [-0.2, -0.15) is 0 Å². The molecule has 0 aliphatic rings. The number of methoxy groups -OCH3 is 1. The van der Waals surface area contributed by atoms with Crippen LogP contribution in [0, 0.1) is 5.92 Å². The molecule has 90 valence electrons. The van der Waals surface area contributed by atoms with Crippen LogP contribution in [0.25, 0.3) is 0 Å². The van der Waals surface area contributed by atoms with E-state index in [1.807, 2.05) is 20.0 Å². The summed E-state index contributed by atoms with van der Waals surface area (Å²) >= 11 is 5.15. The van der Waals surface area contributed by atoms with E-state index >= 15 is 0 Å². The van der Waals surface area contributed by atoms with Crippen molar-refractivity contribution in [3.05, 3.63) is 20.8 Å². The Hall–Kier alpha value is -0.390. The van der Waals surface area contributed by atoms with Crippen molar-refractivity contribution in [3.8, 4) is 0 Å². The monoisotopic (exact) mass is 305 g/mol. The predicted octanol–water partition coefficient (Wildman–Crippen LogP) is 2.75. The molecule has 3 nitrogen and oxygen atoms in total. The molecular formula is C11H16BrNO2S. The summed E-state index contributed by atoms with van der Waals surface area (Å²) in [7, 11) is 3.43. The summed E-state index contributed by atoms with van der Waals surface area (Å²) < 4.78 is 5.83. The molecule has 0 saturated heterocycles. The van der Waals surface area contributed by atoms with Crippen LogP contribution < -0.4 is 0 Å². The average Bonchev–Trinajstić information content (AvgIpc) is 2.62. The van der Waals surface area contributed by atoms with Gasteiger partial charge in [-0.15, -0.1) is 11.3 Å². The Bertz CT molecular complexity index is 354. The molecular weight excluding hydrogens is 290 g/mol. The third-order valence-corrected chi connectivity index (χ3v) is 3.85. The third-order valence-electron chi connectivity index (χ3n) is 2.24. The standard InChI is InChI=1S/C11H16BrNO2S/c1-8(11(14)15-3)6-13(2)7-9-4-5-10(12)16-9/h4-5,8H,6-7H2,1-3H3. The minimum absolute atomic E-state index is 0.0848. The van der Waals surface area contributed by atoms with E-state index in [1.54, 1.807) is 11.3 Å². The van der Waals surface area contributed by atoms with Crippen molar-refractivity contribution in [3.63, 3.8) is 0 Å². The van der Waals surface area contributed by atoms with E-state index in [4.69, 9.17) is 4.74 Å². The van der Waals surface area contributed by atoms with Crippen LogP contribution >= 0.6 is 27.3 Å². The Kier molecular flexibility index (Phi) is 5.44. The molecule has 0 aliphatic carbocycles. The van der Waals surface area contributed by atoms with Crippen LogP contribution in [0.15, 0.2) is 15.9 Å². The molecule has 0 N–H and O–H groups in total. The molecule has 0 fully saturated rings. The summed E-state index contributed by atoms with van der Waals surface area (Å²) in [6.45, 7) is 3.45. The van der Waals surface area contributed by atoms with Crippen LogP contribution in [0.2, 0.25) is 0 Å². The quantitative estimate of drug-likeness (QED) is 0.784. The maximum atomic E-state index is 11.3. The molecule has 0 aliphatic heterocycles. The van der Waals surface area contributed by atoms with Crippen LogP contribution in [0.4, 0.5) is 0 Å². The number of ether oxygens (including phenoxy) is 1. The first kappa shape index (κ1) is 13.7. The highest BCUT2D eigenvalue weighted by Gasteiger charge is 2.15. The van der Waals surface area contributed by atoms with E-state index in [1.165, 1.54) is 12.0 Å². The summed E-state index contributed by atoms with van der Waals surface area (Å²) in [4.78, 5) is 14.7. The maximum absolute atomic E-state index is 11.3. The lowest BCUT2D eigenvalue weighted by Crippen LogP contribution is -2.28. The fourth-order valence-corrected chi connectivity index (χ4v) is 3.07. The highest BCUT2D eigenvalue weighted by Crippen LogP contribution is 2.23. The molecule has 1 atom stereocenters. The molecule has 1 aromatic heterocycles. The minimum Gasteiger partial charge on any atom is -0.469 e. The molecule has 0 amide bonds. The van der Waals surface area contributed by atoms with Crippen LogP contribution in [0.5, 0.6) is 0 Å². The van der Waals surface area contributed by atoms with Crippen molar-refractivity contribution in [1.29, 1.82) is 0 Å². The zero-order chi connectivity index (χ0) is 12.1. The fourth-order valence-electron chi connectivity index (χ4n) is 1.51. The van der Waals surface area contributed by atoms with Crippen LogP contribution in [0.1, 0.15) is 11.8 Å². The first-order valence-corrected chi connectivity index (χ1v) is 6.64. The van der Waals surface area contributed by atoms with Gasteiger partial charge in [-0.05, 0) is 35.1 Å². The first-order chi connectivity index (χ1) is 7.52. The van der Waals surface area contributed by atoms with E-state index in [0.717, 1.165) is 10.3 Å². The van der Waals surface area contributed by atoms with Gasteiger partial charge >= 0.3 is 5.97 Å². The predicted molar refractivity (Wildman–Crippen MR) is 69.5 cm³/mol. The second-order valence-electron chi connectivity index (χ2n) is 3.83. The van der Waals surface area contributed by atoms with Crippen molar-refractivity contribution in [2.75, 3.05) is 20.7 Å². The second-order valence-corrected chi connectivity index (χ2v) is 6.37. The van der Waals surface area contributed by atoms with E-state index in [9.17, 15) is 4.79 Å². The highest BCUT2D eigenvalue weighted by molar-refractivity contribution is 9.11. The summed E-state index contributed by atoms with van der Waals surface area (Å²) in [5.74, 6) is -0.238. The molecule has 1 unspecified atom stereocenters. The lowest BCUT2D eigenvalue weighted by Gasteiger charge is -2.18. The van der Waals surface area contributed by atoms with Gasteiger partial charge in [-0.3, -0.25) is 4.79 Å². The molecule has 16 heavy (non-hydrogen) atoms. The van der Waals surface area contributed by atoms with E-state index in [2.05, 4.69) is 26.9 Å². The number of esters is 1. The Morgan fingerprint density at radius 2 is 2.31 bits per heavy atom. The van der Waals surface area contributed by atoms with Crippen molar-refractivity contribution < 1.29 is 9.53 Å². The van der Waals surface area contributed by atoms with Gasteiger partial charge in [-0.1, -0.05) is 6.92 Å². The SMILES string of the molecule is COC(=O)C(C)CN(C)Cc1ccc(Br)s1. The minimum atomic E-state index is -0.154. The van der Waals surface area contributed by atoms with Gasteiger partial charge in [0.1, 0.15) is 0 Å². The Morgan fingerprint density at radius 1 is 1.62 bits per heavy atom. The number of hydrogen-bond donors (Lipinski definition) is 0. The highest BCUT2D eigenvalue weighted by atomic mass is 79.9. The van der Waals surface area contributed by atoms with Gasteiger partial charge < -0.3 is 9.64 Å². The van der Waals surface area contributed by atoms with Crippen molar-refractivity contribution in [2.24, 2.45) is 5.92 Å². The second kappa shape index (κ2) is 6.37. The fraction of sp³-hybridized carbons (Fsp3) is 0.545. The summed E-state index contributed by atoms with van der Waals surface area (Å²) in [6.07, 6.45) is 0. The summed E-state index contributed by atoms with van der Waals surface area (Å²) in [5.41, 5.74) is 0. The zero-order valence-electron chi connectivity index (χ0n) is 9.70. The smallest absolute Gasteiger partial charge is 0.309 e. The lowest BCUT2D eigenvalue weighted by atomic mass is 10.2. The number of carbonyl (C=O) groups is 1. The number of hydrogen-bond acceptors (Lipinski definition) is 4. The summed E-state index contributed by atoms with van der Waals surface area (Å²) in [6, 6.07) is 4.13. The topological polar surface area (TPSA) is 29.5 Å². The molecule has 0 aromatic carbocycles. The molecule has 1 heterocycles. The zero-order valence-corrected chi connectivity index (χ0v) is 12.1. The number of thiophene rings is 1. The number of halogens is 1. The van der Waals surface area contributed by atoms with E-state index < -0.39 is 0 Å². The third kappa shape index (κ3) is 4.23. The van der Waals surface area contributed by atoms with Gasteiger partial charge in [0, 0.05) is 18.0 Å². The molecule has 5 heteroatoms. The average molecular weight is 306 g/mol. The van der Waals surface area contributed by atoms with Crippen molar-refractivity contribution >= 4 is 33.2 Å². The maximum Gasteiger partial charge on any atom is 0.309 e. The van der Waals surface area contributed by atoms with Crippen molar-refractivity contribution in [2.45, 2.75) is 13.5 Å². The first-order valence-electron chi connectivity index (χ1n) is 5.03. The summed E-state index contributed by atoms with van der Waals surface area (Å²) in [5, 5.41) is 0. The van der Waals surface area contributed by atoms with E-state index in [-0.39, 0.29) is 11.9 Å². The number of carbonyl (C=O) groups excluding carboxylic acids is 1.